The molecule has 3 aliphatic carbocycles. The molecule has 0 bridgehead atoms. The number of fused-ring (bicyclic) bond motifs is 5. The molecular formula is C28H38O7. The first-order valence-corrected chi connectivity index (χ1v) is 12.4. The van der Waals surface area contributed by atoms with E-state index in [1.165, 1.54) is 33.1 Å². The van der Waals surface area contributed by atoms with Gasteiger partial charge in [-0.25, -0.2) is 0 Å². The summed E-state index contributed by atoms with van der Waals surface area (Å²) in [5, 5.41) is 32.8. The lowest BCUT2D eigenvalue weighted by Crippen LogP contribution is -2.59. The predicted octanol–water partition coefficient (Wildman–Crippen LogP) is 3.03. The molecule has 7 nitrogen and oxygen atoms in total. The van der Waals surface area contributed by atoms with Crippen molar-refractivity contribution in [2.75, 3.05) is 0 Å². The van der Waals surface area contributed by atoms with E-state index in [1.807, 2.05) is 19.9 Å². The Morgan fingerprint density at radius 1 is 1.11 bits per heavy atom. The van der Waals surface area contributed by atoms with Gasteiger partial charge in [-0.3, -0.25) is 14.4 Å². The second-order valence-electron chi connectivity index (χ2n) is 12.8. The number of rotatable bonds is 4. The van der Waals surface area contributed by atoms with Gasteiger partial charge in [0.1, 0.15) is 11.4 Å². The number of aliphatic hydroxyl groups is 3. The summed E-state index contributed by atoms with van der Waals surface area (Å²) in [5.41, 5.74) is -3.87. The van der Waals surface area contributed by atoms with Gasteiger partial charge in [0.2, 0.25) is 0 Å². The molecule has 35 heavy (non-hydrogen) atoms. The summed E-state index contributed by atoms with van der Waals surface area (Å²) >= 11 is 0. The second kappa shape index (κ2) is 7.70. The summed E-state index contributed by atoms with van der Waals surface area (Å²) in [7, 11) is 0. The minimum Gasteiger partial charge on any atom is -0.434 e. The van der Waals surface area contributed by atoms with E-state index in [2.05, 4.69) is 0 Å². The van der Waals surface area contributed by atoms with Crippen molar-refractivity contribution in [1.29, 1.82) is 0 Å². The van der Waals surface area contributed by atoms with Crippen LogP contribution in [-0.4, -0.2) is 50.2 Å². The molecule has 0 amide bonds. The first-order chi connectivity index (χ1) is 15.9. The number of ether oxygens (including phenoxy) is 1. The predicted molar refractivity (Wildman–Crippen MR) is 129 cm³/mol. The lowest BCUT2D eigenvalue weighted by Gasteiger charge is -2.58. The third-order valence-electron chi connectivity index (χ3n) is 9.56. The van der Waals surface area contributed by atoms with Crippen molar-refractivity contribution in [2.24, 2.45) is 34.0 Å². The SMILES string of the molecule is CC(C)(O)/C=C/C(=O)[C@](C)(O)[C@H]1[C@H](O)C[C@@]2(C)[C@@H]3CC=C4C(=COC(=O)C4(C)C)[C@@H]3C(=O)C[C@]12C. The van der Waals surface area contributed by atoms with Gasteiger partial charge < -0.3 is 20.1 Å². The molecule has 4 aliphatic rings. The van der Waals surface area contributed by atoms with Gasteiger partial charge in [-0.15, -0.1) is 0 Å². The normalized spacial score (nSPS) is 40.2. The van der Waals surface area contributed by atoms with Crippen molar-refractivity contribution < 1.29 is 34.4 Å². The molecule has 3 N–H and O–H groups in total. The fourth-order valence-corrected chi connectivity index (χ4v) is 7.56. The number of esters is 1. The number of hydrogen-bond donors (Lipinski definition) is 3. The number of allylic oxidation sites excluding steroid dienone is 2. The Hall–Kier alpha value is -2.09. The van der Waals surface area contributed by atoms with Crippen LogP contribution in [0.4, 0.5) is 0 Å². The Balaban J connectivity index is 1.76. The third kappa shape index (κ3) is 3.61. The summed E-state index contributed by atoms with van der Waals surface area (Å²) in [6.45, 7) is 12.0. The molecule has 7 atom stereocenters. The molecule has 192 valence electrons. The first kappa shape index (κ1) is 26.0. The van der Waals surface area contributed by atoms with Crippen molar-refractivity contribution in [1.82, 2.24) is 0 Å². The van der Waals surface area contributed by atoms with Crippen LogP contribution in [0.25, 0.3) is 0 Å². The van der Waals surface area contributed by atoms with Crippen molar-refractivity contribution in [3.8, 4) is 0 Å². The number of hydrogen-bond acceptors (Lipinski definition) is 7. The maximum absolute atomic E-state index is 13.8. The summed E-state index contributed by atoms with van der Waals surface area (Å²) in [6.07, 6.45) is 5.91. The van der Waals surface area contributed by atoms with Crippen LogP contribution in [0.5, 0.6) is 0 Å². The summed E-state index contributed by atoms with van der Waals surface area (Å²) < 4.78 is 5.36. The molecular weight excluding hydrogens is 448 g/mol. The van der Waals surface area contributed by atoms with E-state index < -0.39 is 51.2 Å². The Morgan fingerprint density at radius 2 is 1.74 bits per heavy atom. The van der Waals surface area contributed by atoms with Crippen LogP contribution in [0, 0.1) is 34.0 Å². The zero-order chi connectivity index (χ0) is 26.4. The third-order valence-corrected chi connectivity index (χ3v) is 9.56. The molecule has 0 aromatic heterocycles. The number of cyclic esters (lactones) is 1. The van der Waals surface area contributed by atoms with Crippen LogP contribution in [0.2, 0.25) is 0 Å². The van der Waals surface area contributed by atoms with Gasteiger partial charge in [0.05, 0.1) is 23.4 Å². The molecule has 1 heterocycles. The number of carbonyl (C=O) groups is 3. The van der Waals surface area contributed by atoms with E-state index in [0.717, 1.165) is 17.2 Å². The molecule has 0 unspecified atom stereocenters. The minimum atomic E-state index is -1.93. The van der Waals surface area contributed by atoms with Crippen LogP contribution < -0.4 is 0 Å². The van der Waals surface area contributed by atoms with Crippen LogP contribution in [0.3, 0.4) is 0 Å². The highest BCUT2D eigenvalue weighted by Crippen LogP contribution is 2.70. The number of Topliss-reactive ketones (excluding diaryl/α,β-unsaturated/α-hetero) is 1. The lowest BCUT2D eigenvalue weighted by molar-refractivity contribution is -0.164. The van der Waals surface area contributed by atoms with Crippen LogP contribution >= 0.6 is 0 Å². The van der Waals surface area contributed by atoms with Crippen LogP contribution in [-0.2, 0) is 19.1 Å². The largest absolute Gasteiger partial charge is 0.434 e. The molecule has 0 aromatic carbocycles. The quantitative estimate of drug-likeness (QED) is 0.412. The number of ketones is 2. The molecule has 2 fully saturated rings. The van der Waals surface area contributed by atoms with Gasteiger partial charge in [-0.1, -0.05) is 26.0 Å². The van der Waals surface area contributed by atoms with Crippen molar-refractivity contribution in [3.63, 3.8) is 0 Å². The van der Waals surface area contributed by atoms with Crippen molar-refractivity contribution in [3.05, 3.63) is 35.6 Å². The Morgan fingerprint density at radius 3 is 2.34 bits per heavy atom. The average molecular weight is 487 g/mol. The zero-order valence-corrected chi connectivity index (χ0v) is 21.7. The van der Waals surface area contributed by atoms with E-state index >= 15 is 0 Å². The van der Waals surface area contributed by atoms with Crippen LogP contribution in [0.15, 0.2) is 35.6 Å². The molecule has 2 saturated carbocycles. The molecule has 4 rings (SSSR count). The van der Waals surface area contributed by atoms with Gasteiger partial charge in [0.25, 0.3) is 0 Å². The van der Waals surface area contributed by atoms with Gasteiger partial charge >= 0.3 is 5.97 Å². The lowest BCUT2D eigenvalue weighted by atomic mass is 9.45. The summed E-state index contributed by atoms with van der Waals surface area (Å²) in [6, 6.07) is 0. The molecule has 0 saturated heterocycles. The monoisotopic (exact) mass is 486 g/mol. The van der Waals surface area contributed by atoms with E-state index in [1.54, 1.807) is 13.8 Å². The molecule has 0 radical (unpaired) electrons. The Bertz CT molecular complexity index is 1070. The van der Waals surface area contributed by atoms with E-state index in [9.17, 15) is 29.7 Å². The van der Waals surface area contributed by atoms with Crippen molar-refractivity contribution >= 4 is 17.5 Å². The summed E-state index contributed by atoms with van der Waals surface area (Å²) in [5.74, 6) is -2.51. The summed E-state index contributed by atoms with van der Waals surface area (Å²) in [4.78, 5) is 39.3. The topological polar surface area (TPSA) is 121 Å². The molecule has 1 aliphatic heterocycles. The first-order valence-electron chi connectivity index (χ1n) is 12.4. The maximum Gasteiger partial charge on any atom is 0.320 e. The Labute approximate surface area is 206 Å². The fraction of sp³-hybridized carbons (Fsp3) is 0.679. The van der Waals surface area contributed by atoms with Gasteiger partial charge in [-0.2, -0.15) is 0 Å². The van der Waals surface area contributed by atoms with Gasteiger partial charge in [-0.05, 0) is 75.9 Å². The smallest absolute Gasteiger partial charge is 0.320 e. The fourth-order valence-electron chi connectivity index (χ4n) is 7.56. The second-order valence-corrected chi connectivity index (χ2v) is 12.8. The highest BCUT2D eigenvalue weighted by atomic mass is 16.5. The number of carbonyl (C=O) groups excluding carboxylic acids is 3. The molecule has 0 aromatic rings. The molecule has 7 heteroatoms. The van der Waals surface area contributed by atoms with Gasteiger partial charge in [0, 0.05) is 23.8 Å². The van der Waals surface area contributed by atoms with E-state index in [4.69, 9.17) is 4.74 Å². The zero-order valence-electron chi connectivity index (χ0n) is 21.7. The standard InChI is InChI=1S/C28H38O7/c1-24(2,33)11-10-20(31)28(7,34)22-19(30)13-26(5)17-9-8-16-15(14-35-23(32)25(16,3)4)21(17)18(29)12-27(22,26)6/h8,10-11,14,17,19,21-22,30,33-34H,9,12-13H2,1-7H3/b11-10+/t17-,19-,21+,22+,26+,27-,28+/m1/s1. The van der Waals surface area contributed by atoms with E-state index in [0.29, 0.717) is 12.8 Å². The van der Waals surface area contributed by atoms with Gasteiger partial charge in [0.15, 0.2) is 5.78 Å². The highest BCUT2D eigenvalue weighted by Gasteiger charge is 2.71. The Kier molecular flexibility index (Phi) is 5.72. The number of aliphatic hydroxyl groups excluding tert-OH is 1. The maximum atomic E-state index is 13.8. The van der Waals surface area contributed by atoms with Crippen LogP contribution in [0.1, 0.15) is 67.7 Å². The molecule has 0 spiro atoms. The van der Waals surface area contributed by atoms with Crippen molar-refractivity contribution in [2.45, 2.75) is 85.0 Å². The average Bonchev–Trinajstić information content (AvgIpc) is 2.93. The highest BCUT2D eigenvalue weighted by molar-refractivity contribution is 5.97. The van der Waals surface area contributed by atoms with E-state index in [-0.39, 0.29) is 24.1 Å². The minimum absolute atomic E-state index is 0.0324.